The Morgan fingerprint density at radius 2 is 1.57 bits per heavy atom. The number of rotatable bonds is 8. The average molecular weight is 305 g/mol. The maximum absolute atomic E-state index is 5.36. The Morgan fingerprint density at radius 1 is 0.826 bits per heavy atom. The summed E-state index contributed by atoms with van der Waals surface area (Å²) in [6.45, 7) is 1.77. The van der Waals surface area contributed by atoms with Gasteiger partial charge in [-0.15, -0.1) is 0 Å². The molecular formula is C21H23NO. The highest BCUT2D eigenvalue weighted by Crippen LogP contribution is 2.24. The third-order valence-corrected chi connectivity index (χ3v) is 4.14. The average Bonchev–Trinajstić information content (AvgIpc) is 3.13. The molecule has 0 aliphatic rings. The molecule has 0 aliphatic heterocycles. The number of hydrogen-bond acceptors (Lipinski definition) is 2. The van der Waals surface area contributed by atoms with Crippen molar-refractivity contribution in [1.82, 2.24) is 5.32 Å². The van der Waals surface area contributed by atoms with Gasteiger partial charge in [0.1, 0.15) is 5.76 Å². The molecule has 0 radical (unpaired) electrons. The fourth-order valence-corrected chi connectivity index (χ4v) is 2.91. The number of nitrogens with one attached hydrogen (secondary N) is 1. The number of furan rings is 1. The van der Waals surface area contributed by atoms with Crippen LogP contribution in [0, 0.1) is 0 Å². The lowest BCUT2D eigenvalue weighted by atomic mass is 9.89. The van der Waals surface area contributed by atoms with Gasteiger partial charge in [-0.1, -0.05) is 60.7 Å². The number of benzene rings is 2. The van der Waals surface area contributed by atoms with Gasteiger partial charge in [-0.05, 0) is 48.6 Å². The van der Waals surface area contributed by atoms with E-state index in [2.05, 4.69) is 66.0 Å². The van der Waals surface area contributed by atoms with E-state index in [1.165, 1.54) is 11.1 Å². The lowest BCUT2D eigenvalue weighted by Gasteiger charge is -2.18. The fourth-order valence-electron chi connectivity index (χ4n) is 2.91. The van der Waals surface area contributed by atoms with Crippen molar-refractivity contribution < 1.29 is 4.42 Å². The van der Waals surface area contributed by atoms with Crippen molar-refractivity contribution in [2.75, 3.05) is 6.54 Å². The van der Waals surface area contributed by atoms with Crippen molar-refractivity contribution in [1.29, 1.82) is 0 Å². The normalized spacial score (nSPS) is 12.2. The first-order valence-corrected chi connectivity index (χ1v) is 8.24. The third-order valence-electron chi connectivity index (χ3n) is 4.14. The molecule has 1 N–H and O–H groups in total. The van der Waals surface area contributed by atoms with Gasteiger partial charge >= 0.3 is 0 Å². The fraction of sp³-hybridized carbons (Fsp3) is 0.238. The third kappa shape index (κ3) is 4.83. The molecule has 1 unspecified atom stereocenters. The van der Waals surface area contributed by atoms with Crippen molar-refractivity contribution in [2.45, 2.75) is 25.3 Å². The van der Waals surface area contributed by atoms with Gasteiger partial charge in [0.05, 0.1) is 12.8 Å². The van der Waals surface area contributed by atoms with Crippen LogP contribution < -0.4 is 5.32 Å². The highest BCUT2D eigenvalue weighted by Gasteiger charge is 2.12. The quantitative estimate of drug-likeness (QED) is 0.606. The Bertz CT molecular complexity index is 662. The van der Waals surface area contributed by atoms with Gasteiger partial charge in [-0.25, -0.2) is 0 Å². The van der Waals surface area contributed by atoms with Crippen LogP contribution in [-0.4, -0.2) is 6.54 Å². The molecule has 0 amide bonds. The number of hydrogen-bond donors (Lipinski definition) is 1. The van der Waals surface area contributed by atoms with Crippen molar-refractivity contribution in [3.63, 3.8) is 0 Å². The van der Waals surface area contributed by atoms with E-state index in [0.29, 0.717) is 5.92 Å². The SMILES string of the molecule is c1ccc(CC(CCNCc2ccco2)c2ccccc2)cc1. The van der Waals surface area contributed by atoms with E-state index < -0.39 is 0 Å². The minimum atomic E-state index is 0.530. The maximum atomic E-state index is 5.36. The monoisotopic (exact) mass is 305 g/mol. The second-order valence-electron chi connectivity index (χ2n) is 5.84. The van der Waals surface area contributed by atoms with Gasteiger partial charge in [-0.2, -0.15) is 0 Å². The molecule has 1 heterocycles. The van der Waals surface area contributed by atoms with Crippen LogP contribution in [0.1, 0.15) is 29.2 Å². The molecule has 0 spiro atoms. The molecule has 0 saturated carbocycles. The molecule has 118 valence electrons. The van der Waals surface area contributed by atoms with E-state index in [4.69, 9.17) is 4.42 Å². The largest absolute Gasteiger partial charge is 0.468 e. The first-order chi connectivity index (χ1) is 11.4. The van der Waals surface area contributed by atoms with Crippen LogP contribution in [0.3, 0.4) is 0 Å². The van der Waals surface area contributed by atoms with Crippen molar-refractivity contribution in [3.8, 4) is 0 Å². The summed E-state index contributed by atoms with van der Waals surface area (Å²) in [6.07, 6.45) is 3.91. The molecule has 2 aromatic carbocycles. The lowest BCUT2D eigenvalue weighted by Crippen LogP contribution is -2.18. The second kappa shape index (κ2) is 8.35. The second-order valence-corrected chi connectivity index (χ2v) is 5.84. The zero-order valence-electron chi connectivity index (χ0n) is 13.3. The first kappa shape index (κ1) is 15.6. The van der Waals surface area contributed by atoms with Gasteiger partial charge in [0.2, 0.25) is 0 Å². The Labute approximate surface area is 138 Å². The summed E-state index contributed by atoms with van der Waals surface area (Å²) < 4.78 is 5.36. The Hall–Kier alpha value is -2.32. The van der Waals surface area contributed by atoms with Crippen LogP contribution in [-0.2, 0) is 13.0 Å². The van der Waals surface area contributed by atoms with Crippen LogP contribution in [0.15, 0.2) is 83.5 Å². The molecule has 0 fully saturated rings. The molecule has 1 aromatic heterocycles. The van der Waals surface area contributed by atoms with Crippen LogP contribution in [0.25, 0.3) is 0 Å². The molecule has 2 heteroatoms. The van der Waals surface area contributed by atoms with E-state index in [-0.39, 0.29) is 0 Å². The van der Waals surface area contributed by atoms with E-state index in [9.17, 15) is 0 Å². The van der Waals surface area contributed by atoms with E-state index in [1.54, 1.807) is 6.26 Å². The molecule has 0 saturated heterocycles. The van der Waals surface area contributed by atoms with Crippen molar-refractivity contribution in [3.05, 3.63) is 95.9 Å². The summed E-state index contributed by atoms with van der Waals surface area (Å²) in [4.78, 5) is 0. The van der Waals surface area contributed by atoms with Gasteiger partial charge in [0, 0.05) is 0 Å². The van der Waals surface area contributed by atoms with Crippen LogP contribution in [0.4, 0.5) is 0 Å². The van der Waals surface area contributed by atoms with Gasteiger partial charge < -0.3 is 9.73 Å². The summed E-state index contributed by atoms with van der Waals surface area (Å²) in [7, 11) is 0. The molecular weight excluding hydrogens is 282 g/mol. The minimum absolute atomic E-state index is 0.530. The lowest BCUT2D eigenvalue weighted by molar-refractivity contribution is 0.472. The Kier molecular flexibility index (Phi) is 5.65. The van der Waals surface area contributed by atoms with Crippen molar-refractivity contribution >= 4 is 0 Å². The van der Waals surface area contributed by atoms with E-state index in [1.807, 2.05) is 12.1 Å². The minimum Gasteiger partial charge on any atom is -0.468 e. The molecule has 2 nitrogen and oxygen atoms in total. The molecule has 0 bridgehead atoms. The summed E-state index contributed by atoms with van der Waals surface area (Å²) >= 11 is 0. The van der Waals surface area contributed by atoms with Crippen LogP contribution >= 0.6 is 0 Å². The van der Waals surface area contributed by atoms with E-state index >= 15 is 0 Å². The molecule has 3 aromatic rings. The molecule has 0 aliphatic carbocycles. The van der Waals surface area contributed by atoms with Gasteiger partial charge in [0.15, 0.2) is 0 Å². The topological polar surface area (TPSA) is 25.2 Å². The highest BCUT2D eigenvalue weighted by atomic mass is 16.3. The van der Waals surface area contributed by atoms with Gasteiger partial charge in [-0.3, -0.25) is 0 Å². The summed E-state index contributed by atoms with van der Waals surface area (Å²) in [5.41, 5.74) is 2.81. The predicted octanol–water partition coefficient (Wildman–Crippen LogP) is 4.79. The highest BCUT2D eigenvalue weighted by molar-refractivity contribution is 5.24. The molecule has 1 atom stereocenters. The maximum Gasteiger partial charge on any atom is 0.117 e. The standard InChI is InChI=1S/C21H23NO/c1-3-8-18(9-4-1)16-20(19-10-5-2-6-11-19)13-14-22-17-21-12-7-15-23-21/h1-12,15,20,22H,13-14,16-17H2. The molecule has 23 heavy (non-hydrogen) atoms. The molecule has 3 rings (SSSR count). The Balaban J connectivity index is 1.58. The first-order valence-electron chi connectivity index (χ1n) is 8.24. The van der Waals surface area contributed by atoms with Gasteiger partial charge in [0.25, 0.3) is 0 Å². The summed E-state index contributed by atoms with van der Waals surface area (Å²) in [5, 5.41) is 3.48. The van der Waals surface area contributed by atoms with Crippen LogP contribution in [0.2, 0.25) is 0 Å². The zero-order chi connectivity index (χ0) is 15.7. The smallest absolute Gasteiger partial charge is 0.117 e. The summed E-state index contributed by atoms with van der Waals surface area (Å²) in [5.74, 6) is 1.52. The predicted molar refractivity (Wildman–Crippen MR) is 94.4 cm³/mol. The zero-order valence-corrected chi connectivity index (χ0v) is 13.3. The Morgan fingerprint density at radius 3 is 2.26 bits per heavy atom. The van der Waals surface area contributed by atoms with Crippen molar-refractivity contribution in [2.24, 2.45) is 0 Å². The van der Waals surface area contributed by atoms with Crippen LogP contribution in [0.5, 0.6) is 0 Å². The van der Waals surface area contributed by atoms with E-state index in [0.717, 1.165) is 31.7 Å². The summed E-state index contributed by atoms with van der Waals surface area (Å²) in [6, 6.07) is 25.5.